The van der Waals surface area contributed by atoms with Crippen molar-refractivity contribution in [3.63, 3.8) is 0 Å². The Morgan fingerprint density at radius 2 is 2.28 bits per heavy atom. The Hall–Kier alpha value is -1.93. The van der Waals surface area contributed by atoms with E-state index in [9.17, 15) is 14.9 Å². The summed E-state index contributed by atoms with van der Waals surface area (Å²) < 4.78 is 0.937. The fourth-order valence-corrected chi connectivity index (χ4v) is 2.52. The number of aryl methyl sites for hydroxylation is 1. The summed E-state index contributed by atoms with van der Waals surface area (Å²) in [6.07, 6.45) is 0. The number of thiophene rings is 1. The molecule has 0 aromatic carbocycles. The molecule has 2 N–H and O–H groups in total. The van der Waals surface area contributed by atoms with Crippen LogP contribution in [0.15, 0.2) is 12.1 Å². The van der Waals surface area contributed by atoms with Crippen LogP contribution >= 0.6 is 22.9 Å². The van der Waals surface area contributed by atoms with Crippen molar-refractivity contribution in [2.45, 2.75) is 6.92 Å². The Balaban J connectivity index is 2.43. The van der Waals surface area contributed by atoms with E-state index in [-0.39, 0.29) is 20.7 Å². The largest absolute Gasteiger partial charge is 0.383 e. The third kappa shape index (κ3) is 2.07. The summed E-state index contributed by atoms with van der Waals surface area (Å²) in [6, 6.07) is 2.65. The fraction of sp³-hybridized carbons (Fsp3) is 0.111. The number of anilines is 1. The standard InChI is InChI=1S/C9H7ClN4O3S/c1-4-2-7(11)13(12-4)9(15)6-3-5(14(16)17)8(10)18-6/h2-3H,11H2,1H3. The van der Waals surface area contributed by atoms with Crippen molar-refractivity contribution in [3.8, 4) is 0 Å². The SMILES string of the molecule is Cc1cc(N)n(C(=O)c2cc([N+](=O)[O-])c(Cl)s2)n1. The van der Waals surface area contributed by atoms with Crippen molar-refractivity contribution in [2.24, 2.45) is 0 Å². The van der Waals surface area contributed by atoms with Gasteiger partial charge < -0.3 is 5.73 Å². The van der Waals surface area contributed by atoms with Crippen molar-refractivity contribution < 1.29 is 9.72 Å². The molecule has 0 amide bonds. The van der Waals surface area contributed by atoms with Gasteiger partial charge in [0.05, 0.1) is 10.6 Å². The summed E-state index contributed by atoms with van der Waals surface area (Å²) in [4.78, 5) is 22.1. The van der Waals surface area contributed by atoms with Gasteiger partial charge in [-0.1, -0.05) is 11.6 Å². The van der Waals surface area contributed by atoms with Crippen LogP contribution in [0.2, 0.25) is 4.34 Å². The molecule has 0 radical (unpaired) electrons. The summed E-state index contributed by atoms with van der Waals surface area (Å²) in [7, 11) is 0. The van der Waals surface area contributed by atoms with E-state index < -0.39 is 10.8 Å². The molecule has 94 valence electrons. The maximum Gasteiger partial charge on any atom is 0.299 e. The number of nitro groups is 1. The second-order valence-corrected chi connectivity index (χ2v) is 5.11. The minimum atomic E-state index is -0.646. The number of halogens is 1. The van der Waals surface area contributed by atoms with Crippen LogP contribution in [0.3, 0.4) is 0 Å². The maximum absolute atomic E-state index is 12.0. The first kappa shape index (κ1) is 12.5. The first-order chi connectivity index (χ1) is 8.40. The van der Waals surface area contributed by atoms with E-state index in [0.29, 0.717) is 5.69 Å². The van der Waals surface area contributed by atoms with Crippen LogP contribution in [0.5, 0.6) is 0 Å². The van der Waals surface area contributed by atoms with Crippen molar-refractivity contribution in [3.05, 3.63) is 37.2 Å². The number of nitrogens with two attached hydrogens (primary N) is 1. The van der Waals surface area contributed by atoms with Gasteiger partial charge in [0.1, 0.15) is 10.7 Å². The van der Waals surface area contributed by atoms with Gasteiger partial charge in [-0.2, -0.15) is 9.78 Å². The highest BCUT2D eigenvalue weighted by Gasteiger charge is 2.23. The molecule has 0 spiro atoms. The Morgan fingerprint density at radius 3 is 2.72 bits per heavy atom. The van der Waals surface area contributed by atoms with Gasteiger partial charge in [-0.25, -0.2) is 0 Å². The number of nitrogen functional groups attached to an aromatic ring is 1. The van der Waals surface area contributed by atoms with Gasteiger partial charge in [0.25, 0.3) is 11.6 Å². The molecule has 7 nitrogen and oxygen atoms in total. The van der Waals surface area contributed by atoms with E-state index in [4.69, 9.17) is 17.3 Å². The Bertz CT molecular complexity index is 648. The van der Waals surface area contributed by atoms with E-state index in [1.807, 2.05) is 0 Å². The summed E-state index contributed by atoms with van der Waals surface area (Å²) in [6.45, 7) is 1.68. The highest BCUT2D eigenvalue weighted by Crippen LogP contribution is 2.34. The third-order valence-corrected chi connectivity index (χ3v) is 3.45. The van der Waals surface area contributed by atoms with Crippen LogP contribution in [-0.4, -0.2) is 20.6 Å². The van der Waals surface area contributed by atoms with E-state index in [2.05, 4.69) is 5.10 Å². The average molecular weight is 287 g/mol. The van der Waals surface area contributed by atoms with Gasteiger partial charge in [-0.15, -0.1) is 11.3 Å². The Morgan fingerprint density at radius 1 is 1.61 bits per heavy atom. The molecule has 0 aliphatic heterocycles. The molecule has 0 aliphatic rings. The van der Waals surface area contributed by atoms with Crippen LogP contribution < -0.4 is 5.73 Å². The molecule has 9 heteroatoms. The van der Waals surface area contributed by atoms with E-state index in [1.165, 1.54) is 6.07 Å². The minimum absolute atomic E-state index is 0.0502. The zero-order valence-corrected chi connectivity index (χ0v) is 10.7. The van der Waals surface area contributed by atoms with E-state index >= 15 is 0 Å². The molecule has 0 fully saturated rings. The monoisotopic (exact) mass is 286 g/mol. The van der Waals surface area contributed by atoms with Gasteiger partial charge in [-0.3, -0.25) is 14.9 Å². The lowest BCUT2D eigenvalue weighted by atomic mass is 10.4. The van der Waals surface area contributed by atoms with E-state index in [1.54, 1.807) is 6.92 Å². The van der Waals surface area contributed by atoms with E-state index in [0.717, 1.165) is 22.1 Å². The number of carbonyl (C=O) groups is 1. The molecule has 18 heavy (non-hydrogen) atoms. The Kier molecular flexibility index (Phi) is 3.05. The lowest BCUT2D eigenvalue weighted by molar-refractivity contribution is -0.384. The average Bonchev–Trinajstić information content (AvgIpc) is 2.81. The number of nitrogens with zero attached hydrogens (tertiary/aromatic N) is 3. The van der Waals surface area contributed by atoms with Gasteiger partial charge >= 0.3 is 0 Å². The summed E-state index contributed by atoms with van der Waals surface area (Å²) >= 11 is 6.50. The molecule has 2 aromatic rings. The zero-order valence-electron chi connectivity index (χ0n) is 9.08. The minimum Gasteiger partial charge on any atom is -0.383 e. The molecule has 2 rings (SSSR count). The second kappa shape index (κ2) is 4.39. The van der Waals surface area contributed by atoms with Gasteiger partial charge in [0.2, 0.25) is 0 Å². The highest BCUT2D eigenvalue weighted by atomic mass is 35.5. The zero-order chi connectivity index (χ0) is 13.4. The van der Waals surface area contributed by atoms with Crippen molar-refractivity contribution in [1.29, 1.82) is 0 Å². The summed E-state index contributed by atoms with van der Waals surface area (Å²) in [5.41, 5.74) is 5.88. The number of hydrogen-bond acceptors (Lipinski definition) is 6. The molecule has 0 bridgehead atoms. The quantitative estimate of drug-likeness (QED) is 0.672. The summed E-state index contributed by atoms with van der Waals surface area (Å²) in [5.74, 6) is -0.370. The predicted octanol–water partition coefficient (Wildman–Crippen LogP) is 2.09. The molecular weight excluding hydrogens is 280 g/mol. The third-order valence-electron chi connectivity index (χ3n) is 2.13. The van der Waals surface area contributed by atoms with Crippen molar-refractivity contribution >= 4 is 40.4 Å². The first-order valence-corrected chi connectivity index (χ1v) is 5.90. The van der Waals surface area contributed by atoms with Crippen LogP contribution in [0, 0.1) is 17.0 Å². The normalized spacial score (nSPS) is 10.6. The molecule has 2 aromatic heterocycles. The van der Waals surface area contributed by atoms with Crippen molar-refractivity contribution in [1.82, 2.24) is 9.78 Å². The fourth-order valence-electron chi connectivity index (χ4n) is 1.38. The number of carbonyl (C=O) groups excluding carboxylic acids is 1. The smallest absolute Gasteiger partial charge is 0.299 e. The predicted molar refractivity (Wildman–Crippen MR) is 67.1 cm³/mol. The molecule has 0 atom stereocenters. The Labute approximate surface area is 110 Å². The van der Waals surface area contributed by atoms with Gasteiger partial charge in [0.15, 0.2) is 4.34 Å². The lowest BCUT2D eigenvalue weighted by Crippen LogP contribution is -2.14. The maximum atomic E-state index is 12.0. The van der Waals surface area contributed by atoms with Gasteiger partial charge in [-0.05, 0) is 6.92 Å². The topological polar surface area (TPSA) is 104 Å². The molecule has 0 saturated carbocycles. The highest BCUT2D eigenvalue weighted by molar-refractivity contribution is 7.18. The lowest BCUT2D eigenvalue weighted by Gasteiger charge is -1.98. The number of rotatable bonds is 2. The van der Waals surface area contributed by atoms with Crippen LogP contribution in [0.25, 0.3) is 0 Å². The molecule has 0 saturated heterocycles. The van der Waals surface area contributed by atoms with Crippen LogP contribution in [0.1, 0.15) is 15.4 Å². The molecular formula is C9H7ClN4O3S. The molecule has 2 heterocycles. The van der Waals surface area contributed by atoms with Gasteiger partial charge in [0, 0.05) is 12.1 Å². The molecule has 0 aliphatic carbocycles. The number of aromatic nitrogens is 2. The number of hydrogen-bond donors (Lipinski definition) is 1. The molecule has 0 unspecified atom stereocenters. The van der Waals surface area contributed by atoms with Crippen LogP contribution in [-0.2, 0) is 0 Å². The van der Waals surface area contributed by atoms with Crippen molar-refractivity contribution in [2.75, 3.05) is 5.73 Å². The van der Waals surface area contributed by atoms with Crippen LogP contribution in [0.4, 0.5) is 11.5 Å². The summed E-state index contributed by atoms with van der Waals surface area (Å²) in [5, 5.41) is 14.5. The first-order valence-electron chi connectivity index (χ1n) is 4.70. The second-order valence-electron chi connectivity index (χ2n) is 3.45.